The summed E-state index contributed by atoms with van der Waals surface area (Å²) >= 11 is 3.13. The maximum atomic E-state index is 12.1. The largest absolute Gasteiger partial charge is 0.368 e. The standard InChI is InChI=1S/C18H17N3OS2/c22-17-16(13-15-7-4-12-23-15)24-18(19-17)21-10-8-20(9-11-21)14-5-2-1-3-6-14/h1-7,12-13H,8-11H2/b16-13-. The molecule has 0 atom stereocenters. The van der Waals surface area contributed by atoms with Gasteiger partial charge in [0.2, 0.25) is 0 Å². The van der Waals surface area contributed by atoms with E-state index in [1.165, 1.54) is 17.4 Å². The summed E-state index contributed by atoms with van der Waals surface area (Å²) in [6.07, 6.45) is 1.94. The van der Waals surface area contributed by atoms with Gasteiger partial charge in [0.05, 0.1) is 4.91 Å². The molecule has 24 heavy (non-hydrogen) atoms. The third-order valence-corrected chi connectivity index (χ3v) is 5.96. The van der Waals surface area contributed by atoms with Crippen LogP contribution in [0.3, 0.4) is 0 Å². The Kier molecular flexibility index (Phi) is 4.40. The molecule has 0 aliphatic carbocycles. The monoisotopic (exact) mass is 355 g/mol. The van der Waals surface area contributed by atoms with Crippen molar-refractivity contribution in [2.45, 2.75) is 0 Å². The van der Waals surface area contributed by atoms with E-state index in [9.17, 15) is 4.79 Å². The first kappa shape index (κ1) is 15.5. The van der Waals surface area contributed by atoms with E-state index in [4.69, 9.17) is 0 Å². The van der Waals surface area contributed by atoms with Gasteiger partial charge in [0.15, 0.2) is 5.17 Å². The number of hydrogen-bond donors (Lipinski definition) is 0. The highest BCUT2D eigenvalue weighted by atomic mass is 32.2. The first-order valence-electron chi connectivity index (χ1n) is 7.90. The van der Waals surface area contributed by atoms with Crippen molar-refractivity contribution in [3.63, 3.8) is 0 Å². The van der Waals surface area contributed by atoms with E-state index in [2.05, 4.69) is 39.1 Å². The van der Waals surface area contributed by atoms with Gasteiger partial charge in [0.25, 0.3) is 5.91 Å². The molecule has 4 rings (SSSR count). The Morgan fingerprint density at radius 3 is 2.42 bits per heavy atom. The number of amidine groups is 1. The lowest BCUT2D eigenvalue weighted by Gasteiger charge is -2.36. The van der Waals surface area contributed by atoms with Gasteiger partial charge in [-0.15, -0.1) is 11.3 Å². The number of carbonyl (C=O) groups excluding carboxylic acids is 1. The highest BCUT2D eigenvalue weighted by Gasteiger charge is 2.28. The zero-order chi connectivity index (χ0) is 16.4. The predicted molar refractivity (Wildman–Crippen MR) is 103 cm³/mol. The molecule has 1 amide bonds. The zero-order valence-corrected chi connectivity index (χ0v) is 14.7. The number of anilines is 1. The quantitative estimate of drug-likeness (QED) is 0.772. The van der Waals surface area contributed by atoms with Gasteiger partial charge in [0, 0.05) is 36.7 Å². The fraction of sp³-hybridized carbons (Fsp3) is 0.222. The van der Waals surface area contributed by atoms with Crippen molar-refractivity contribution in [2.24, 2.45) is 4.99 Å². The lowest BCUT2D eigenvalue weighted by atomic mass is 10.2. The van der Waals surface area contributed by atoms with Gasteiger partial charge in [-0.05, 0) is 41.4 Å². The van der Waals surface area contributed by atoms with E-state index in [1.807, 2.05) is 29.7 Å². The second-order valence-corrected chi connectivity index (χ2v) is 7.62. The molecule has 2 aliphatic rings. The molecule has 4 nitrogen and oxygen atoms in total. The van der Waals surface area contributed by atoms with Crippen LogP contribution in [0, 0.1) is 0 Å². The number of thioether (sulfide) groups is 1. The number of rotatable bonds is 2. The molecule has 0 saturated carbocycles. The second kappa shape index (κ2) is 6.83. The number of carbonyl (C=O) groups is 1. The Hall–Kier alpha value is -2.05. The number of para-hydroxylation sites is 1. The summed E-state index contributed by atoms with van der Waals surface area (Å²) in [6, 6.07) is 14.5. The predicted octanol–water partition coefficient (Wildman–Crippen LogP) is 3.54. The van der Waals surface area contributed by atoms with E-state index >= 15 is 0 Å². The summed E-state index contributed by atoms with van der Waals surface area (Å²) in [7, 11) is 0. The smallest absolute Gasteiger partial charge is 0.286 e. The Bertz CT molecular complexity index is 776. The maximum absolute atomic E-state index is 12.1. The van der Waals surface area contributed by atoms with Gasteiger partial charge in [-0.3, -0.25) is 4.79 Å². The van der Waals surface area contributed by atoms with Crippen LogP contribution in [0.2, 0.25) is 0 Å². The highest BCUT2D eigenvalue weighted by molar-refractivity contribution is 8.18. The molecule has 2 aromatic rings. The third kappa shape index (κ3) is 3.25. The Morgan fingerprint density at radius 1 is 0.958 bits per heavy atom. The van der Waals surface area contributed by atoms with E-state index in [0.29, 0.717) is 0 Å². The Morgan fingerprint density at radius 2 is 1.71 bits per heavy atom. The number of benzene rings is 1. The van der Waals surface area contributed by atoms with Gasteiger partial charge in [0.1, 0.15) is 0 Å². The van der Waals surface area contributed by atoms with Gasteiger partial charge >= 0.3 is 0 Å². The lowest BCUT2D eigenvalue weighted by molar-refractivity contribution is -0.113. The molecule has 0 N–H and O–H groups in total. The average Bonchev–Trinajstić information content (AvgIpc) is 3.27. The van der Waals surface area contributed by atoms with Crippen LogP contribution in [-0.2, 0) is 4.79 Å². The fourth-order valence-corrected chi connectivity index (χ4v) is 4.52. The number of nitrogens with zero attached hydrogens (tertiary/aromatic N) is 3. The van der Waals surface area contributed by atoms with Crippen LogP contribution in [0.5, 0.6) is 0 Å². The number of aliphatic imine (C=N–C) groups is 1. The van der Waals surface area contributed by atoms with Gasteiger partial charge in [-0.1, -0.05) is 24.3 Å². The maximum Gasteiger partial charge on any atom is 0.286 e. The van der Waals surface area contributed by atoms with Crippen LogP contribution in [0.4, 0.5) is 5.69 Å². The average molecular weight is 355 g/mol. The summed E-state index contributed by atoms with van der Waals surface area (Å²) in [5.74, 6) is -0.117. The van der Waals surface area contributed by atoms with Gasteiger partial charge < -0.3 is 9.80 Å². The third-order valence-electron chi connectivity index (χ3n) is 4.10. The molecule has 0 bridgehead atoms. The van der Waals surface area contributed by atoms with Crippen LogP contribution in [0.15, 0.2) is 57.7 Å². The zero-order valence-electron chi connectivity index (χ0n) is 13.1. The minimum atomic E-state index is -0.117. The van der Waals surface area contributed by atoms with Crippen molar-refractivity contribution in [2.75, 3.05) is 31.1 Å². The van der Waals surface area contributed by atoms with Crippen molar-refractivity contribution < 1.29 is 4.79 Å². The van der Waals surface area contributed by atoms with E-state index in [1.54, 1.807) is 11.3 Å². The molecular weight excluding hydrogens is 338 g/mol. The van der Waals surface area contributed by atoms with Crippen molar-refractivity contribution in [1.82, 2.24) is 4.90 Å². The van der Waals surface area contributed by atoms with Gasteiger partial charge in [-0.25, -0.2) is 0 Å². The summed E-state index contributed by atoms with van der Waals surface area (Å²) in [4.78, 5) is 22.8. The van der Waals surface area contributed by atoms with Crippen molar-refractivity contribution in [3.8, 4) is 0 Å². The molecule has 0 spiro atoms. The molecule has 2 aliphatic heterocycles. The second-order valence-electron chi connectivity index (χ2n) is 5.64. The lowest BCUT2D eigenvalue weighted by Crippen LogP contribution is -2.47. The summed E-state index contributed by atoms with van der Waals surface area (Å²) in [6.45, 7) is 3.67. The Balaban J connectivity index is 1.40. The normalized spacial score (nSPS) is 19.9. The van der Waals surface area contributed by atoms with Crippen LogP contribution in [0.1, 0.15) is 4.88 Å². The summed E-state index contributed by atoms with van der Waals surface area (Å²) in [5.41, 5.74) is 1.26. The topological polar surface area (TPSA) is 35.9 Å². The molecule has 0 unspecified atom stereocenters. The van der Waals surface area contributed by atoms with E-state index < -0.39 is 0 Å². The fourth-order valence-electron chi connectivity index (χ4n) is 2.83. The molecule has 122 valence electrons. The van der Waals surface area contributed by atoms with Crippen LogP contribution < -0.4 is 4.90 Å². The van der Waals surface area contributed by atoms with E-state index in [0.717, 1.165) is 41.1 Å². The van der Waals surface area contributed by atoms with Crippen LogP contribution in [0.25, 0.3) is 6.08 Å². The first-order valence-corrected chi connectivity index (χ1v) is 9.60. The molecule has 1 fully saturated rings. The number of piperazine rings is 1. The molecule has 3 heterocycles. The number of hydrogen-bond acceptors (Lipinski definition) is 5. The summed E-state index contributed by atoms with van der Waals surface area (Å²) in [5, 5.41) is 2.86. The minimum Gasteiger partial charge on any atom is -0.368 e. The van der Waals surface area contributed by atoms with E-state index in [-0.39, 0.29) is 5.91 Å². The highest BCUT2D eigenvalue weighted by Crippen LogP contribution is 2.31. The van der Waals surface area contributed by atoms with Crippen LogP contribution in [-0.4, -0.2) is 42.2 Å². The molecule has 6 heteroatoms. The van der Waals surface area contributed by atoms with Crippen molar-refractivity contribution in [3.05, 3.63) is 57.6 Å². The molecule has 0 radical (unpaired) electrons. The molecule has 1 aromatic carbocycles. The van der Waals surface area contributed by atoms with Crippen molar-refractivity contribution in [1.29, 1.82) is 0 Å². The molecular formula is C18H17N3OS2. The van der Waals surface area contributed by atoms with Crippen molar-refractivity contribution >= 4 is 45.9 Å². The van der Waals surface area contributed by atoms with Crippen LogP contribution >= 0.6 is 23.1 Å². The van der Waals surface area contributed by atoms with Gasteiger partial charge in [-0.2, -0.15) is 4.99 Å². The number of amides is 1. The first-order chi connectivity index (χ1) is 11.8. The minimum absolute atomic E-state index is 0.117. The molecule has 1 aromatic heterocycles. The Labute approximate surface area is 149 Å². The SMILES string of the molecule is O=C1N=C(N2CCN(c3ccccc3)CC2)S/C1=C\c1cccs1. The molecule has 1 saturated heterocycles. The number of thiophene rings is 1. The summed E-state index contributed by atoms with van der Waals surface area (Å²) < 4.78 is 0.